The highest BCUT2D eigenvalue weighted by molar-refractivity contribution is 7.89. The molecule has 0 radical (unpaired) electrons. The van der Waals surface area contributed by atoms with Crippen LogP contribution in [-0.4, -0.2) is 30.0 Å². The second-order valence-electron chi connectivity index (χ2n) is 5.45. The van der Waals surface area contributed by atoms with Crippen LogP contribution in [0.2, 0.25) is 0 Å². The van der Waals surface area contributed by atoms with Crippen molar-refractivity contribution >= 4 is 26.6 Å². The third-order valence-corrected chi connectivity index (χ3v) is 5.23. The van der Waals surface area contributed by atoms with Gasteiger partial charge in [0.15, 0.2) is 0 Å². The molecule has 3 rings (SSSR count). The summed E-state index contributed by atoms with van der Waals surface area (Å²) in [5.74, 6) is 0.130. The summed E-state index contributed by atoms with van der Waals surface area (Å²) in [6.07, 6.45) is 2.16. The molecule has 25 heavy (non-hydrogen) atoms. The number of phenolic OH excluding ortho intramolecular Hbond substituents is 1. The van der Waals surface area contributed by atoms with Crippen LogP contribution < -0.4 is 4.72 Å². The average molecular weight is 361 g/mol. The normalized spacial score (nSPS) is 11.7. The first kappa shape index (κ1) is 16.9. The molecule has 0 aliphatic heterocycles. The first-order valence-corrected chi connectivity index (χ1v) is 8.88. The van der Waals surface area contributed by atoms with Gasteiger partial charge in [-0.2, -0.15) is 0 Å². The molecule has 0 spiro atoms. The van der Waals surface area contributed by atoms with Crippen LogP contribution in [0.25, 0.3) is 10.9 Å². The van der Waals surface area contributed by atoms with Crippen molar-refractivity contribution in [2.24, 2.45) is 0 Å². The number of nitro groups is 1. The first-order valence-electron chi connectivity index (χ1n) is 7.40. The van der Waals surface area contributed by atoms with Gasteiger partial charge in [0.05, 0.1) is 9.82 Å². The summed E-state index contributed by atoms with van der Waals surface area (Å²) < 4.78 is 27.0. The van der Waals surface area contributed by atoms with Gasteiger partial charge in [0.25, 0.3) is 5.69 Å². The van der Waals surface area contributed by atoms with E-state index in [1.54, 1.807) is 24.4 Å². The molecule has 2 aromatic carbocycles. The minimum absolute atomic E-state index is 0.119. The fourth-order valence-electron chi connectivity index (χ4n) is 2.54. The number of phenols is 1. The van der Waals surface area contributed by atoms with Gasteiger partial charge in [-0.1, -0.05) is 6.07 Å². The third kappa shape index (κ3) is 3.62. The molecule has 1 aromatic heterocycles. The maximum Gasteiger partial charge on any atom is 0.270 e. The highest BCUT2D eigenvalue weighted by Crippen LogP contribution is 2.23. The summed E-state index contributed by atoms with van der Waals surface area (Å²) in [5, 5.41) is 21.1. The third-order valence-electron chi connectivity index (χ3n) is 3.78. The molecule has 0 unspecified atom stereocenters. The van der Waals surface area contributed by atoms with E-state index >= 15 is 0 Å². The van der Waals surface area contributed by atoms with Crippen molar-refractivity contribution in [3.63, 3.8) is 0 Å². The Bertz CT molecular complexity index is 1040. The van der Waals surface area contributed by atoms with Gasteiger partial charge in [0, 0.05) is 35.8 Å². The molecule has 0 aliphatic carbocycles. The number of H-pyrrole nitrogens is 1. The zero-order valence-electron chi connectivity index (χ0n) is 13.0. The van der Waals surface area contributed by atoms with E-state index in [4.69, 9.17) is 0 Å². The standard InChI is InChI=1S/C16H15N3O5S/c20-13-4-5-16-15(9-13)11(10-17-16)6-7-18-25(23,24)14-3-1-2-12(8-14)19(21)22/h1-5,8-10,17-18,20H,6-7H2. The summed E-state index contributed by atoms with van der Waals surface area (Å²) in [6, 6.07) is 9.79. The van der Waals surface area contributed by atoms with Crippen LogP contribution in [0.3, 0.4) is 0 Å². The molecule has 0 saturated heterocycles. The fourth-order valence-corrected chi connectivity index (χ4v) is 3.61. The number of fused-ring (bicyclic) bond motifs is 1. The van der Waals surface area contributed by atoms with Gasteiger partial charge in [-0.15, -0.1) is 0 Å². The van der Waals surface area contributed by atoms with Crippen molar-refractivity contribution in [2.75, 3.05) is 6.54 Å². The molecule has 1 heterocycles. The number of rotatable bonds is 6. The molecule has 3 aromatic rings. The first-order chi connectivity index (χ1) is 11.9. The van der Waals surface area contributed by atoms with E-state index in [0.717, 1.165) is 22.5 Å². The Morgan fingerprint density at radius 3 is 2.76 bits per heavy atom. The molecule has 130 valence electrons. The highest BCUT2D eigenvalue weighted by atomic mass is 32.2. The number of sulfonamides is 1. The Morgan fingerprint density at radius 1 is 1.20 bits per heavy atom. The number of non-ortho nitro benzene ring substituents is 1. The van der Waals surface area contributed by atoms with Gasteiger partial charge in [-0.25, -0.2) is 13.1 Å². The van der Waals surface area contributed by atoms with Crippen molar-refractivity contribution < 1.29 is 18.4 Å². The second-order valence-corrected chi connectivity index (χ2v) is 7.21. The van der Waals surface area contributed by atoms with Gasteiger partial charge in [-0.05, 0) is 36.2 Å². The van der Waals surface area contributed by atoms with Gasteiger partial charge in [-0.3, -0.25) is 10.1 Å². The Labute approximate surface area is 143 Å². The van der Waals surface area contributed by atoms with Crippen molar-refractivity contribution in [3.8, 4) is 5.75 Å². The fraction of sp³-hybridized carbons (Fsp3) is 0.125. The summed E-state index contributed by atoms with van der Waals surface area (Å²) >= 11 is 0. The van der Waals surface area contributed by atoms with Crippen molar-refractivity contribution in [1.82, 2.24) is 9.71 Å². The van der Waals surface area contributed by atoms with E-state index < -0.39 is 14.9 Å². The van der Waals surface area contributed by atoms with Crippen LogP contribution in [0.5, 0.6) is 5.75 Å². The lowest BCUT2D eigenvalue weighted by atomic mass is 10.1. The lowest BCUT2D eigenvalue weighted by Crippen LogP contribution is -2.26. The predicted molar refractivity (Wildman–Crippen MR) is 92.0 cm³/mol. The van der Waals surface area contributed by atoms with Crippen LogP contribution in [0.1, 0.15) is 5.56 Å². The van der Waals surface area contributed by atoms with E-state index in [1.807, 2.05) is 0 Å². The summed E-state index contributed by atoms with van der Waals surface area (Å²) in [7, 11) is -3.84. The molecule has 0 fully saturated rings. The number of hydrogen-bond donors (Lipinski definition) is 3. The van der Waals surface area contributed by atoms with E-state index in [0.29, 0.717) is 6.42 Å². The van der Waals surface area contributed by atoms with E-state index in [-0.39, 0.29) is 22.9 Å². The van der Waals surface area contributed by atoms with Crippen LogP contribution in [0.4, 0.5) is 5.69 Å². The van der Waals surface area contributed by atoms with Gasteiger partial charge < -0.3 is 10.1 Å². The minimum atomic E-state index is -3.84. The van der Waals surface area contributed by atoms with Crippen molar-refractivity contribution in [1.29, 1.82) is 0 Å². The summed E-state index contributed by atoms with van der Waals surface area (Å²) in [4.78, 5) is 13.0. The average Bonchev–Trinajstić information content (AvgIpc) is 2.97. The number of nitrogens with zero attached hydrogens (tertiary/aromatic N) is 1. The van der Waals surface area contributed by atoms with Gasteiger partial charge >= 0.3 is 0 Å². The molecule has 0 atom stereocenters. The van der Waals surface area contributed by atoms with Gasteiger partial charge in [0.1, 0.15) is 5.75 Å². The van der Waals surface area contributed by atoms with Crippen LogP contribution >= 0.6 is 0 Å². The highest BCUT2D eigenvalue weighted by Gasteiger charge is 2.17. The smallest absolute Gasteiger partial charge is 0.270 e. The zero-order chi connectivity index (χ0) is 18.0. The monoisotopic (exact) mass is 361 g/mol. The Balaban J connectivity index is 1.73. The number of aromatic nitrogens is 1. The van der Waals surface area contributed by atoms with Gasteiger partial charge in [0.2, 0.25) is 10.0 Å². The quantitative estimate of drug-likeness (QED) is 0.459. The number of nitro benzene ring substituents is 1. The molecule has 0 bridgehead atoms. The Kier molecular flexibility index (Phi) is 4.43. The number of aromatic hydroxyl groups is 1. The lowest BCUT2D eigenvalue weighted by Gasteiger charge is -2.06. The molecule has 0 aliphatic rings. The molecular formula is C16H15N3O5S. The molecule has 9 heteroatoms. The maximum absolute atomic E-state index is 12.3. The summed E-state index contributed by atoms with van der Waals surface area (Å²) in [6.45, 7) is 0.119. The van der Waals surface area contributed by atoms with E-state index in [9.17, 15) is 23.6 Å². The Morgan fingerprint density at radius 2 is 2.00 bits per heavy atom. The Hall–Kier alpha value is -2.91. The van der Waals surface area contributed by atoms with Crippen LogP contribution in [-0.2, 0) is 16.4 Å². The van der Waals surface area contributed by atoms with E-state index in [2.05, 4.69) is 9.71 Å². The molecular weight excluding hydrogens is 346 g/mol. The number of aromatic amines is 1. The second kappa shape index (κ2) is 6.54. The number of benzene rings is 2. The summed E-state index contributed by atoms with van der Waals surface area (Å²) in [5.41, 5.74) is 1.41. The maximum atomic E-state index is 12.3. The molecule has 0 amide bonds. The lowest BCUT2D eigenvalue weighted by molar-refractivity contribution is -0.385. The zero-order valence-corrected chi connectivity index (χ0v) is 13.8. The molecule has 3 N–H and O–H groups in total. The van der Waals surface area contributed by atoms with Crippen molar-refractivity contribution in [3.05, 3.63) is 64.3 Å². The van der Waals surface area contributed by atoms with E-state index in [1.165, 1.54) is 18.2 Å². The largest absolute Gasteiger partial charge is 0.508 e. The topological polar surface area (TPSA) is 125 Å². The number of hydrogen-bond acceptors (Lipinski definition) is 5. The van der Waals surface area contributed by atoms with Crippen LogP contribution in [0, 0.1) is 10.1 Å². The molecule has 0 saturated carbocycles. The van der Waals surface area contributed by atoms with Crippen molar-refractivity contribution in [2.45, 2.75) is 11.3 Å². The number of nitrogens with one attached hydrogen (secondary N) is 2. The minimum Gasteiger partial charge on any atom is -0.508 e. The predicted octanol–water partition coefficient (Wildman–Crippen LogP) is 2.30. The SMILES string of the molecule is O=[N+]([O-])c1cccc(S(=O)(=O)NCCc2c[nH]c3ccc(O)cc23)c1. The molecule has 8 nitrogen and oxygen atoms in total. The van der Waals surface area contributed by atoms with Crippen LogP contribution in [0.15, 0.2) is 53.6 Å².